The van der Waals surface area contributed by atoms with E-state index in [0.29, 0.717) is 17.9 Å². The van der Waals surface area contributed by atoms with Gasteiger partial charge in [-0.3, -0.25) is 0 Å². The molecule has 1 aliphatic rings. The van der Waals surface area contributed by atoms with Crippen molar-refractivity contribution in [3.63, 3.8) is 0 Å². The molecule has 1 aromatic carbocycles. The second kappa shape index (κ2) is 7.02. The Hall–Kier alpha value is -2.05. The first-order chi connectivity index (χ1) is 10.9. The number of halogens is 3. The van der Waals surface area contributed by atoms with Crippen molar-refractivity contribution in [2.45, 2.75) is 32.4 Å². The molecule has 1 aliphatic heterocycles. The van der Waals surface area contributed by atoms with Crippen molar-refractivity contribution in [2.24, 2.45) is 15.9 Å². The lowest BCUT2D eigenvalue weighted by Gasteiger charge is -2.27. The Kier molecular flexibility index (Phi) is 5.28. The minimum Gasteiger partial charge on any atom is -0.483 e. The third-order valence-electron chi connectivity index (χ3n) is 3.64. The van der Waals surface area contributed by atoms with E-state index >= 15 is 0 Å². The van der Waals surface area contributed by atoms with Crippen molar-refractivity contribution in [2.75, 3.05) is 14.2 Å². The van der Waals surface area contributed by atoms with E-state index in [-0.39, 0.29) is 23.9 Å². The third kappa shape index (κ3) is 3.65. The Morgan fingerprint density at radius 1 is 0.957 bits per heavy atom. The predicted octanol–water partition coefficient (Wildman–Crippen LogP) is 3.14. The van der Waals surface area contributed by atoms with Gasteiger partial charge in [-0.2, -0.15) is 0 Å². The van der Waals surface area contributed by atoms with Crippen LogP contribution in [0.1, 0.15) is 19.4 Å². The molecule has 7 heteroatoms. The molecule has 126 valence electrons. The van der Waals surface area contributed by atoms with Crippen LogP contribution >= 0.6 is 0 Å². The Balaban J connectivity index is 2.33. The summed E-state index contributed by atoms with van der Waals surface area (Å²) in [7, 11) is 2.93. The molecule has 0 amide bonds. The van der Waals surface area contributed by atoms with Gasteiger partial charge in [-0.25, -0.2) is 23.2 Å². The number of methoxy groups -OCH3 is 2. The van der Waals surface area contributed by atoms with Gasteiger partial charge >= 0.3 is 0 Å². The zero-order chi connectivity index (χ0) is 17.1. The first kappa shape index (κ1) is 17.3. The molecule has 0 radical (unpaired) electrons. The van der Waals surface area contributed by atoms with E-state index in [4.69, 9.17) is 9.47 Å². The van der Waals surface area contributed by atoms with Crippen LogP contribution in [-0.4, -0.2) is 38.1 Å². The van der Waals surface area contributed by atoms with Gasteiger partial charge in [0.15, 0.2) is 11.6 Å². The number of benzene rings is 1. The van der Waals surface area contributed by atoms with E-state index in [1.165, 1.54) is 14.2 Å². The highest BCUT2D eigenvalue weighted by atomic mass is 19.2. The van der Waals surface area contributed by atoms with Crippen molar-refractivity contribution < 1.29 is 22.6 Å². The molecule has 1 aromatic rings. The largest absolute Gasteiger partial charge is 0.483 e. The first-order valence-corrected chi connectivity index (χ1v) is 7.24. The van der Waals surface area contributed by atoms with Crippen LogP contribution in [0, 0.1) is 23.4 Å². The summed E-state index contributed by atoms with van der Waals surface area (Å²) in [5.74, 6) is -2.30. The Labute approximate surface area is 133 Å². The predicted molar refractivity (Wildman–Crippen MR) is 81.3 cm³/mol. The normalized spacial score (nSPS) is 21.0. The van der Waals surface area contributed by atoms with E-state index < -0.39 is 23.5 Å². The molecule has 0 bridgehead atoms. The van der Waals surface area contributed by atoms with Gasteiger partial charge in [0.1, 0.15) is 17.9 Å². The summed E-state index contributed by atoms with van der Waals surface area (Å²) < 4.78 is 50.7. The number of nitrogens with zero attached hydrogens (tertiary/aromatic N) is 2. The van der Waals surface area contributed by atoms with Crippen LogP contribution in [0.3, 0.4) is 0 Å². The molecule has 2 rings (SSSR count). The first-order valence-electron chi connectivity index (χ1n) is 7.24. The van der Waals surface area contributed by atoms with Gasteiger partial charge in [0, 0.05) is 12.5 Å². The highest BCUT2D eigenvalue weighted by Gasteiger charge is 2.31. The summed E-state index contributed by atoms with van der Waals surface area (Å²) >= 11 is 0. The van der Waals surface area contributed by atoms with Gasteiger partial charge in [-0.15, -0.1) is 0 Å². The Morgan fingerprint density at radius 3 is 2.13 bits per heavy atom. The van der Waals surface area contributed by atoms with Crippen LogP contribution in [0.4, 0.5) is 13.2 Å². The molecule has 4 nitrogen and oxygen atoms in total. The van der Waals surface area contributed by atoms with Gasteiger partial charge in [-0.05, 0) is 17.5 Å². The van der Waals surface area contributed by atoms with Crippen LogP contribution < -0.4 is 0 Å². The number of aliphatic imine (C=N–C) groups is 2. The zero-order valence-corrected chi connectivity index (χ0v) is 13.4. The summed E-state index contributed by atoms with van der Waals surface area (Å²) in [6.07, 6.45) is -0.00657. The number of hydrogen-bond acceptors (Lipinski definition) is 4. The maximum atomic E-state index is 13.8. The summed E-state index contributed by atoms with van der Waals surface area (Å²) in [6, 6.07) is 0.411. The lowest BCUT2D eigenvalue weighted by atomic mass is 10.00. The van der Waals surface area contributed by atoms with Crippen molar-refractivity contribution in [3.8, 4) is 0 Å². The van der Waals surface area contributed by atoms with Crippen LogP contribution in [0.5, 0.6) is 0 Å². The Morgan fingerprint density at radius 2 is 1.57 bits per heavy atom. The molecule has 0 saturated heterocycles. The van der Waals surface area contributed by atoms with Crippen LogP contribution in [0.2, 0.25) is 0 Å². The van der Waals surface area contributed by atoms with E-state index in [2.05, 4.69) is 9.98 Å². The van der Waals surface area contributed by atoms with Crippen molar-refractivity contribution >= 4 is 11.8 Å². The van der Waals surface area contributed by atoms with Crippen molar-refractivity contribution in [1.82, 2.24) is 0 Å². The van der Waals surface area contributed by atoms with Gasteiger partial charge in [-0.1, -0.05) is 13.8 Å². The minimum atomic E-state index is -1.23. The molecular weight excluding hydrogens is 309 g/mol. The molecule has 23 heavy (non-hydrogen) atoms. The quantitative estimate of drug-likeness (QED) is 0.800. The number of ether oxygens (including phenoxy) is 2. The molecule has 0 aromatic heterocycles. The molecule has 0 fully saturated rings. The zero-order valence-electron chi connectivity index (χ0n) is 13.4. The Bertz CT molecular complexity index is 644. The van der Waals surface area contributed by atoms with E-state index in [1.807, 2.05) is 13.8 Å². The van der Waals surface area contributed by atoms with Gasteiger partial charge in [0.2, 0.25) is 11.8 Å². The second-order valence-electron chi connectivity index (χ2n) is 5.61. The molecular formula is C16H19F3N2O2. The molecule has 0 N–H and O–H groups in total. The lowest BCUT2D eigenvalue weighted by Crippen LogP contribution is -2.38. The SMILES string of the molecule is COC1=N[C@@H](C(C)C)C(OC)=NC1Cc1cc(F)c(F)cc1F. The maximum Gasteiger partial charge on any atom is 0.209 e. The molecule has 0 spiro atoms. The monoisotopic (exact) mass is 328 g/mol. The van der Waals surface area contributed by atoms with E-state index in [1.54, 1.807) is 0 Å². The molecule has 1 unspecified atom stereocenters. The average molecular weight is 328 g/mol. The fourth-order valence-electron chi connectivity index (χ4n) is 2.42. The molecule has 0 saturated carbocycles. The molecule has 1 heterocycles. The van der Waals surface area contributed by atoms with Crippen LogP contribution in [0.25, 0.3) is 0 Å². The van der Waals surface area contributed by atoms with Crippen molar-refractivity contribution in [1.29, 1.82) is 0 Å². The molecule has 0 aliphatic carbocycles. The number of rotatable bonds is 3. The lowest BCUT2D eigenvalue weighted by molar-refractivity contribution is 0.332. The summed E-state index contributed by atoms with van der Waals surface area (Å²) in [4.78, 5) is 8.85. The molecule has 2 atom stereocenters. The smallest absolute Gasteiger partial charge is 0.209 e. The summed E-state index contributed by atoms with van der Waals surface area (Å²) in [6.45, 7) is 3.93. The van der Waals surface area contributed by atoms with Crippen LogP contribution in [0.15, 0.2) is 22.1 Å². The minimum absolute atomic E-state index is 0.000787. The van der Waals surface area contributed by atoms with Gasteiger partial charge < -0.3 is 9.47 Å². The van der Waals surface area contributed by atoms with Gasteiger partial charge in [0.05, 0.1) is 14.2 Å². The van der Waals surface area contributed by atoms with Crippen molar-refractivity contribution in [3.05, 3.63) is 35.1 Å². The fourth-order valence-corrected chi connectivity index (χ4v) is 2.42. The highest BCUT2D eigenvalue weighted by molar-refractivity contribution is 5.94. The average Bonchev–Trinajstić information content (AvgIpc) is 2.51. The highest BCUT2D eigenvalue weighted by Crippen LogP contribution is 2.22. The standard InChI is InChI=1S/C16H19F3N2O2/c1-8(2)14-16(23-4)20-13(15(21-14)22-3)6-9-5-11(18)12(19)7-10(9)17/h5,7-8,13-14H,6H2,1-4H3/t13?,14-/m0/s1. The topological polar surface area (TPSA) is 43.2 Å². The second-order valence-corrected chi connectivity index (χ2v) is 5.61. The fraction of sp³-hybridized carbons (Fsp3) is 0.500. The maximum absolute atomic E-state index is 13.8. The summed E-state index contributed by atoms with van der Waals surface area (Å²) in [5, 5.41) is 0. The number of hydrogen-bond donors (Lipinski definition) is 0. The van der Waals surface area contributed by atoms with Gasteiger partial charge in [0.25, 0.3) is 0 Å². The van der Waals surface area contributed by atoms with Crippen LogP contribution in [-0.2, 0) is 15.9 Å². The third-order valence-corrected chi connectivity index (χ3v) is 3.64. The van der Waals surface area contributed by atoms with E-state index in [0.717, 1.165) is 6.07 Å². The van der Waals surface area contributed by atoms with E-state index in [9.17, 15) is 13.2 Å². The summed E-state index contributed by atoms with van der Waals surface area (Å²) in [5.41, 5.74) is 0.000787.